The number of aliphatic hydroxyl groups is 1. The molecule has 0 radical (unpaired) electrons. The summed E-state index contributed by atoms with van der Waals surface area (Å²) in [7, 11) is 0. The zero-order valence-corrected chi connectivity index (χ0v) is 8.44. The molecule has 2 heterocycles. The van der Waals surface area contributed by atoms with Crippen molar-refractivity contribution in [1.82, 2.24) is 9.88 Å². The van der Waals surface area contributed by atoms with E-state index in [0.717, 1.165) is 12.8 Å². The zero-order valence-electron chi connectivity index (χ0n) is 8.44. The van der Waals surface area contributed by atoms with Crippen molar-refractivity contribution in [2.75, 3.05) is 18.8 Å². The summed E-state index contributed by atoms with van der Waals surface area (Å²) >= 11 is 0. The maximum absolute atomic E-state index is 11.9. The molecule has 1 amide bonds. The second-order valence-electron chi connectivity index (χ2n) is 3.89. The molecule has 1 aliphatic heterocycles. The third-order valence-electron chi connectivity index (χ3n) is 2.62. The van der Waals surface area contributed by atoms with E-state index in [1.807, 2.05) is 0 Å². The molecule has 1 aliphatic rings. The molecule has 1 aromatic rings. The van der Waals surface area contributed by atoms with Crippen molar-refractivity contribution < 1.29 is 9.90 Å². The first-order valence-electron chi connectivity index (χ1n) is 5.08. The lowest BCUT2D eigenvalue weighted by Gasteiger charge is -2.29. The molecule has 0 aromatic carbocycles. The fraction of sp³-hybridized carbons (Fsp3) is 0.500. The molecule has 1 unspecified atom stereocenters. The molecule has 0 spiro atoms. The quantitative estimate of drug-likeness (QED) is 0.617. The normalized spacial score (nSPS) is 21.7. The minimum Gasteiger partial charge on any atom is -0.397 e. The molecule has 15 heavy (non-hydrogen) atoms. The summed E-state index contributed by atoms with van der Waals surface area (Å²) < 4.78 is 0. The third-order valence-corrected chi connectivity index (χ3v) is 2.62. The summed E-state index contributed by atoms with van der Waals surface area (Å²) in [5.74, 6) is -0.0922. The first kappa shape index (κ1) is 10.0. The van der Waals surface area contributed by atoms with E-state index in [9.17, 15) is 9.90 Å². The van der Waals surface area contributed by atoms with Crippen molar-refractivity contribution in [2.24, 2.45) is 0 Å². The van der Waals surface area contributed by atoms with Crippen molar-refractivity contribution in [3.05, 3.63) is 18.0 Å². The highest BCUT2D eigenvalue weighted by Gasteiger charge is 2.23. The largest absolute Gasteiger partial charge is 0.397 e. The highest BCUT2D eigenvalue weighted by molar-refractivity contribution is 5.93. The molecule has 0 saturated carbocycles. The number of carbonyl (C=O) groups is 1. The van der Waals surface area contributed by atoms with Gasteiger partial charge in [0.25, 0.3) is 5.91 Å². The van der Waals surface area contributed by atoms with Crippen LogP contribution in [0.25, 0.3) is 0 Å². The van der Waals surface area contributed by atoms with Gasteiger partial charge >= 0.3 is 0 Å². The summed E-state index contributed by atoms with van der Waals surface area (Å²) in [4.78, 5) is 16.4. The maximum atomic E-state index is 11.9. The molecule has 4 N–H and O–H groups in total. The number of nitrogens with zero attached hydrogens (tertiary/aromatic N) is 1. The highest BCUT2D eigenvalue weighted by Crippen LogP contribution is 2.14. The summed E-state index contributed by atoms with van der Waals surface area (Å²) in [5.41, 5.74) is 6.56. The van der Waals surface area contributed by atoms with Gasteiger partial charge in [-0.05, 0) is 18.9 Å². The Morgan fingerprint density at radius 2 is 2.47 bits per heavy atom. The van der Waals surface area contributed by atoms with Gasteiger partial charge in [0.05, 0.1) is 6.10 Å². The van der Waals surface area contributed by atoms with E-state index in [0.29, 0.717) is 24.5 Å². The molecule has 1 atom stereocenters. The Kier molecular flexibility index (Phi) is 2.64. The fourth-order valence-corrected chi connectivity index (χ4v) is 1.84. The fourth-order valence-electron chi connectivity index (χ4n) is 1.84. The van der Waals surface area contributed by atoms with Crippen molar-refractivity contribution in [1.29, 1.82) is 0 Å². The molecular weight excluding hydrogens is 194 g/mol. The average Bonchev–Trinajstić information content (AvgIpc) is 2.64. The minimum absolute atomic E-state index is 0.0922. The lowest BCUT2D eigenvalue weighted by molar-refractivity contribution is 0.0469. The van der Waals surface area contributed by atoms with Gasteiger partial charge in [-0.2, -0.15) is 0 Å². The number of nitrogens with one attached hydrogen (secondary N) is 1. The van der Waals surface area contributed by atoms with Gasteiger partial charge in [0.15, 0.2) is 0 Å². The number of anilines is 1. The van der Waals surface area contributed by atoms with Crippen LogP contribution in [0.15, 0.2) is 12.3 Å². The monoisotopic (exact) mass is 209 g/mol. The van der Waals surface area contributed by atoms with Gasteiger partial charge in [0.2, 0.25) is 0 Å². The van der Waals surface area contributed by atoms with Gasteiger partial charge < -0.3 is 20.7 Å². The second-order valence-corrected chi connectivity index (χ2v) is 3.89. The van der Waals surface area contributed by atoms with Crippen molar-refractivity contribution in [3.63, 3.8) is 0 Å². The standard InChI is InChI=1S/C10H15N3O2/c11-7-4-9(12-5-7)10(15)13-3-1-2-8(14)6-13/h4-5,8,12,14H,1-3,6,11H2. The lowest BCUT2D eigenvalue weighted by atomic mass is 10.1. The van der Waals surface area contributed by atoms with Gasteiger partial charge in [0, 0.05) is 25.0 Å². The third kappa shape index (κ3) is 2.12. The average molecular weight is 209 g/mol. The van der Waals surface area contributed by atoms with Crippen molar-refractivity contribution in [3.8, 4) is 0 Å². The number of H-pyrrole nitrogens is 1. The van der Waals surface area contributed by atoms with Crippen LogP contribution >= 0.6 is 0 Å². The smallest absolute Gasteiger partial charge is 0.270 e. The van der Waals surface area contributed by atoms with Crippen LogP contribution in [0.5, 0.6) is 0 Å². The number of nitrogen functional groups attached to an aromatic ring is 1. The van der Waals surface area contributed by atoms with Crippen LogP contribution in [0.3, 0.4) is 0 Å². The maximum Gasteiger partial charge on any atom is 0.270 e. The van der Waals surface area contributed by atoms with E-state index in [1.54, 1.807) is 17.2 Å². The van der Waals surface area contributed by atoms with Gasteiger partial charge in [-0.1, -0.05) is 0 Å². The Labute approximate surface area is 87.9 Å². The second kappa shape index (κ2) is 3.94. The molecule has 1 fully saturated rings. The van der Waals surface area contributed by atoms with Gasteiger partial charge in [-0.3, -0.25) is 4.79 Å². The molecule has 5 heteroatoms. The van der Waals surface area contributed by atoms with Gasteiger partial charge in [-0.15, -0.1) is 0 Å². The first-order chi connectivity index (χ1) is 7.16. The lowest BCUT2D eigenvalue weighted by Crippen LogP contribution is -2.42. The number of piperidine rings is 1. The Balaban J connectivity index is 2.07. The summed E-state index contributed by atoms with van der Waals surface area (Å²) in [6, 6.07) is 1.61. The van der Waals surface area contributed by atoms with E-state index >= 15 is 0 Å². The van der Waals surface area contributed by atoms with Crippen LogP contribution in [0.4, 0.5) is 5.69 Å². The summed E-state index contributed by atoms with van der Waals surface area (Å²) in [5, 5.41) is 9.45. The van der Waals surface area contributed by atoms with E-state index in [4.69, 9.17) is 5.73 Å². The van der Waals surface area contributed by atoms with Crippen LogP contribution in [0.1, 0.15) is 23.3 Å². The van der Waals surface area contributed by atoms with E-state index in [2.05, 4.69) is 4.98 Å². The van der Waals surface area contributed by atoms with Crippen molar-refractivity contribution >= 4 is 11.6 Å². The number of amides is 1. The van der Waals surface area contributed by atoms with Crippen LogP contribution in [-0.2, 0) is 0 Å². The Morgan fingerprint density at radius 1 is 1.67 bits per heavy atom. The SMILES string of the molecule is Nc1c[nH]c(C(=O)N2CCCC(O)C2)c1. The van der Waals surface area contributed by atoms with Crippen LogP contribution < -0.4 is 5.73 Å². The van der Waals surface area contributed by atoms with E-state index < -0.39 is 6.10 Å². The molecule has 82 valence electrons. The Bertz CT molecular complexity index is 361. The summed E-state index contributed by atoms with van der Waals surface area (Å²) in [6.45, 7) is 1.12. The molecule has 0 aliphatic carbocycles. The Morgan fingerprint density at radius 3 is 3.07 bits per heavy atom. The molecule has 5 nitrogen and oxygen atoms in total. The number of rotatable bonds is 1. The first-order valence-corrected chi connectivity index (χ1v) is 5.08. The predicted molar refractivity (Wildman–Crippen MR) is 56.3 cm³/mol. The number of β-amino-alcohol motifs (C(OH)–C–C–N with tert-alkyl or cyclic N) is 1. The van der Waals surface area contributed by atoms with Crippen molar-refractivity contribution in [2.45, 2.75) is 18.9 Å². The number of nitrogens with two attached hydrogens (primary N) is 1. The number of carbonyl (C=O) groups excluding carboxylic acids is 1. The Hall–Kier alpha value is -1.49. The highest BCUT2D eigenvalue weighted by atomic mass is 16.3. The van der Waals surface area contributed by atoms with Crippen LogP contribution in [0, 0.1) is 0 Å². The number of likely N-dealkylation sites (tertiary alicyclic amines) is 1. The summed E-state index contributed by atoms with van der Waals surface area (Å²) in [6.07, 6.45) is 2.82. The molecule has 1 saturated heterocycles. The number of aliphatic hydroxyl groups excluding tert-OH is 1. The molecule has 1 aromatic heterocycles. The van der Waals surface area contributed by atoms with Gasteiger partial charge in [0.1, 0.15) is 5.69 Å². The van der Waals surface area contributed by atoms with Gasteiger partial charge in [-0.25, -0.2) is 0 Å². The minimum atomic E-state index is -0.394. The van der Waals surface area contributed by atoms with Crippen LogP contribution in [0.2, 0.25) is 0 Å². The molecule has 0 bridgehead atoms. The molecular formula is C10H15N3O2. The number of hydrogen-bond donors (Lipinski definition) is 3. The zero-order chi connectivity index (χ0) is 10.8. The predicted octanol–water partition coefficient (Wildman–Crippen LogP) is 0.194. The van der Waals surface area contributed by atoms with E-state index in [-0.39, 0.29) is 5.91 Å². The van der Waals surface area contributed by atoms with Crippen LogP contribution in [-0.4, -0.2) is 40.1 Å². The number of aromatic amines is 1. The number of hydrogen-bond acceptors (Lipinski definition) is 3. The topological polar surface area (TPSA) is 82.4 Å². The molecule has 2 rings (SSSR count). The number of aromatic nitrogens is 1. The van der Waals surface area contributed by atoms with E-state index in [1.165, 1.54) is 0 Å².